The standard InChI is InChI=1S/C17H27NO6/c1-18(2,3)13-14(12-16(21)22)24-17(23)11-9-7-5-4-6-8-10-15(19)20/h4-5,8,10,14H,6-7,9,11-13H2,1-3H3,(H-,19,20,21,22)/p+1/b5-4+,10-8+. The van der Waals surface area contributed by atoms with Crippen molar-refractivity contribution in [1.82, 2.24) is 0 Å². The molecule has 24 heavy (non-hydrogen) atoms. The number of hydrogen-bond donors (Lipinski definition) is 2. The van der Waals surface area contributed by atoms with Gasteiger partial charge in [-0.3, -0.25) is 9.59 Å². The molecule has 0 rings (SSSR count). The topological polar surface area (TPSA) is 101 Å². The summed E-state index contributed by atoms with van der Waals surface area (Å²) >= 11 is 0. The van der Waals surface area contributed by atoms with Gasteiger partial charge in [0.25, 0.3) is 0 Å². The molecule has 0 spiro atoms. The first kappa shape index (κ1) is 21.9. The third-order valence-electron chi connectivity index (χ3n) is 2.90. The number of rotatable bonds is 12. The van der Waals surface area contributed by atoms with Gasteiger partial charge >= 0.3 is 17.9 Å². The normalized spacial score (nSPS) is 13.3. The highest BCUT2D eigenvalue weighted by Crippen LogP contribution is 2.08. The monoisotopic (exact) mass is 342 g/mol. The predicted octanol–water partition coefficient (Wildman–Crippen LogP) is 1.84. The Hall–Kier alpha value is -2.15. The highest BCUT2D eigenvalue weighted by molar-refractivity contribution is 5.79. The van der Waals surface area contributed by atoms with Gasteiger partial charge in [0, 0.05) is 12.5 Å². The molecule has 1 unspecified atom stereocenters. The molecule has 0 aliphatic heterocycles. The van der Waals surface area contributed by atoms with Crippen molar-refractivity contribution in [3.05, 3.63) is 24.3 Å². The summed E-state index contributed by atoms with van der Waals surface area (Å²) in [6.45, 7) is 0.438. The fourth-order valence-corrected chi connectivity index (χ4v) is 2.02. The number of quaternary nitrogens is 1. The highest BCUT2D eigenvalue weighted by atomic mass is 16.5. The summed E-state index contributed by atoms with van der Waals surface area (Å²) in [6.07, 6.45) is 7.52. The Morgan fingerprint density at radius 3 is 2.29 bits per heavy atom. The molecule has 0 aromatic rings. The zero-order valence-electron chi connectivity index (χ0n) is 14.6. The van der Waals surface area contributed by atoms with E-state index in [4.69, 9.17) is 14.9 Å². The minimum absolute atomic E-state index is 0.197. The number of ether oxygens (including phenoxy) is 1. The largest absolute Gasteiger partial charge is 0.481 e. The third kappa shape index (κ3) is 14.8. The van der Waals surface area contributed by atoms with Crippen molar-refractivity contribution in [3.8, 4) is 0 Å². The van der Waals surface area contributed by atoms with E-state index in [0.29, 0.717) is 30.3 Å². The molecule has 0 aliphatic carbocycles. The first-order chi connectivity index (χ1) is 11.1. The maximum atomic E-state index is 11.8. The Morgan fingerprint density at radius 2 is 1.75 bits per heavy atom. The molecule has 2 N–H and O–H groups in total. The van der Waals surface area contributed by atoms with Crippen LogP contribution in [-0.2, 0) is 19.1 Å². The predicted molar refractivity (Wildman–Crippen MR) is 89.4 cm³/mol. The average Bonchev–Trinajstić information content (AvgIpc) is 2.38. The van der Waals surface area contributed by atoms with Gasteiger partial charge in [0.1, 0.15) is 6.54 Å². The molecule has 136 valence electrons. The van der Waals surface area contributed by atoms with Crippen LogP contribution in [0.5, 0.6) is 0 Å². The number of carbonyl (C=O) groups excluding carboxylic acids is 1. The van der Waals surface area contributed by atoms with Crippen LogP contribution in [0.15, 0.2) is 24.3 Å². The second kappa shape index (κ2) is 11.4. The number of carboxylic acids is 2. The summed E-state index contributed by atoms with van der Waals surface area (Å²) in [5, 5.41) is 17.3. The quantitative estimate of drug-likeness (QED) is 0.184. The van der Waals surface area contributed by atoms with E-state index in [1.165, 1.54) is 6.08 Å². The van der Waals surface area contributed by atoms with Crippen LogP contribution in [0.4, 0.5) is 0 Å². The molecule has 0 aromatic heterocycles. The van der Waals surface area contributed by atoms with E-state index in [1.807, 2.05) is 33.3 Å². The SMILES string of the molecule is C[N+](C)(C)CC(CC(=O)O)OC(=O)CCC/C=C/C/C=C/C(=O)O. The first-order valence-corrected chi connectivity index (χ1v) is 7.86. The number of carbonyl (C=O) groups is 3. The molecule has 1 atom stereocenters. The number of likely N-dealkylation sites (N-methyl/N-ethyl adjacent to an activating group) is 1. The van der Waals surface area contributed by atoms with Gasteiger partial charge in [-0.05, 0) is 19.3 Å². The number of carboxylic acid groups (broad SMARTS) is 2. The molecule has 0 radical (unpaired) electrons. The number of nitrogens with zero attached hydrogens (tertiary/aromatic N) is 1. The van der Waals surface area contributed by atoms with Gasteiger partial charge in [-0.25, -0.2) is 4.79 Å². The molecule has 0 saturated heterocycles. The van der Waals surface area contributed by atoms with Gasteiger partial charge in [-0.2, -0.15) is 0 Å². The van der Waals surface area contributed by atoms with Gasteiger partial charge in [-0.1, -0.05) is 18.2 Å². The zero-order valence-corrected chi connectivity index (χ0v) is 14.6. The lowest BCUT2D eigenvalue weighted by Crippen LogP contribution is -2.43. The number of allylic oxidation sites excluding steroid dienone is 3. The van der Waals surface area contributed by atoms with Crippen molar-refractivity contribution < 1.29 is 33.8 Å². The van der Waals surface area contributed by atoms with Crippen molar-refractivity contribution in [3.63, 3.8) is 0 Å². The lowest BCUT2D eigenvalue weighted by Gasteiger charge is -2.28. The summed E-state index contributed by atoms with van der Waals surface area (Å²) in [4.78, 5) is 32.9. The summed E-state index contributed by atoms with van der Waals surface area (Å²) < 4.78 is 5.78. The van der Waals surface area contributed by atoms with Crippen LogP contribution in [0.1, 0.15) is 32.1 Å². The van der Waals surface area contributed by atoms with E-state index >= 15 is 0 Å². The maximum absolute atomic E-state index is 11.8. The van der Waals surface area contributed by atoms with E-state index in [2.05, 4.69) is 0 Å². The Labute approximate surface area is 142 Å². The van der Waals surface area contributed by atoms with E-state index in [1.54, 1.807) is 0 Å². The van der Waals surface area contributed by atoms with Gasteiger partial charge in [0.2, 0.25) is 0 Å². The minimum atomic E-state index is -0.987. The van der Waals surface area contributed by atoms with Gasteiger partial charge in [-0.15, -0.1) is 0 Å². The van der Waals surface area contributed by atoms with E-state index in [0.717, 1.165) is 6.08 Å². The number of aliphatic carboxylic acids is 2. The van der Waals surface area contributed by atoms with Crippen LogP contribution in [0.2, 0.25) is 0 Å². The van der Waals surface area contributed by atoms with Crippen molar-refractivity contribution >= 4 is 17.9 Å². The minimum Gasteiger partial charge on any atom is -0.481 e. The third-order valence-corrected chi connectivity index (χ3v) is 2.90. The molecule has 7 nitrogen and oxygen atoms in total. The molecule has 0 aliphatic rings. The van der Waals surface area contributed by atoms with Crippen molar-refractivity contribution in [2.24, 2.45) is 0 Å². The Kier molecular flexibility index (Phi) is 10.4. The first-order valence-electron chi connectivity index (χ1n) is 7.86. The van der Waals surface area contributed by atoms with Gasteiger partial charge < -0.3 is 19.4 Å². The second-order valence-corrected chi connectivity index (χ2v) is 6.52. The van der Waals surface area contributed by atoms with Crippen LogP contribution in [0, 0.1) is 0 Å². The van der Waals surface area contributed by atoms with Gasteiger partial charge in [0.15, 0.2) is 6.10 Å². The molecule has 0 aromatic carbocycles. The van der Waals surface area contributed by atoms with E-state index in [-0.39, 0.29) is 12.8 Å². The highest BCUT2D eigenvalue weighted by Gasteiger charge is 2.24. The van der Waals surface area contributed by atoms with Crippen LogP contribution in [0.25, 0.3) is 0 Å². The van der Waals surface area contributed by atoms with E-state index in [9.17, 15) is 14.4 Å². The van der Waals surface area contributed by atoms with Gasteiger partial charge in [0.05, 0.1) is 27.6 Å². The summed E-state index contributed by atoms with van der Waals surface area (Å²) in [5.74, 6) is -2.36. The zero-order chi connectivity index (χ0) is 18.6. The summed E-state index contributed by atoms with van der Waals surface area (Å²) in [6, 6.07) is 0. The van der Waals surface area contributed by atoms with Crippen LogP contribution in [0.3, 0.4) is 0 Å². The smallest absolute Gasteiger partial charge is 0.327 e. The molecule has 0 bridgehead atoms. The van der Waals surface area contributed by atoms with E-state index < -0.39 is 24.0 Å². The van der Waals surface area contributed by atoms with Crippen LogP contribution >= 0.6 is 0 Å². The molecule has 0 amide bonds. The Bertz CT molecular complexity index is 476. The van der Waals surface area contributed by atoms with Crippen molar-refractivity contribution in [2.75, 3.05) is 27.7 Å². The van der Waals surface area contributed by atoms with Crippen LogP contribution < -0.4 is 0 Å². The molecular weight excluding hydrogens is 314 g/mol. The number of esters is 1. The second-order valence-electron chi connectivity index (χ2n) is 6.52. The summed E-state index contributed by atoms with van der Waals surface area (Å²) in [5.41, 5.74) is 0. The lowest BCUT2D eigenvalue weighted by molar-refractivity contribution is -0.873. The summed E-state index contributed by atoms with van der Waals surface area (Å²) in [7, 11) is 5.73. The molecule has 0 saturated carbocycles. The lowest BCUT2D eigenvalue weighted by atomic mass is 10.2. The number of hydrogen-bond acceptors (Lipinski definition) is 4. The molecule has 0 fully saturated rings. The molecule has 7 heteroatoms. The number of unbranched alkanes of at least 4 members (excludes halogenated alkanes) is 1. The van der Waals surface area contributed by atoms with Crippen molar-refractivity contribution in [1.29, 1.82) is 0 Å². The maximum Gasteiger partial charge on any atom is 0.327 e. The van der Waals surface area contributed by atoms with Crippen LogP contribution in [-0.4, -0.2) is 66.4 Å². The fraction of sp³-hybridized carbons (Fsp3) is 0.588. The Morgan fingerprint density at radius 1 is 1.08 bits per heavy atom. The fourth-order valence-electron chi connectivity index (χ4n) is 2.02. The van der Waals surface area contributed by atoms with Crippen molar-refractivity contribution in [2.45, 2.75) is 38.2 Å². The average molecular weight is 342 g/mol. The Balaban J connectivity index is 4.09. The molecular formula is C17H28NO6+. The molecule has 0 heterocycles.